The zero-order valence-electron chi connectivity index (χ0n) is 11.3. The molecule has 1 saturated carbocycles. The second-order valence-electron chi connectivity index (χ2n) is 5.53. The van der Waals surface area contributed by atoms with Crippen LogP contribution in [0.15, 0.2) is 0 Å². The van der Waals surface area contributed by atoms with E-state index in [0.717, 1.165) is 17.8 Å². The Morgan fingerprint density at radius 3 is 2.63 bits per heavy atom. The van der Waals surface area contributed by atoms with E-state index in [0.29, 0.717) is 18.3 Å². The maximum absolute atomic E-state index is 11.5. The number of piperidine rings is 1. The second-order valence-corrected chi connectivity index (χ2v) is 5.53. The Labute approximate surface area is 112 Å². The molecule has 1 amide bonds. The van der Waals surface area contributed by atoms with Crippen molar-refractivity contribution < 1.29 is 4.79 Å². The van der Waals surface area contributed by atoms with E-state index in [9.17, 15) is 4.79 Å². The number of amides is 1. The summed E-state index contributed by atoms with van der Waals surface area (Å²) >= 11 is 0. The zero-order chi connectivity index (χ0) is 13.4. The van der Waals surface area contributed by atoms with Gasteiger partial charge in [-0.25, -0.2) is 4.98 Å². The summed E-state index contributed by atoms with van der Waals surface area (Å²) in [5, 5.41) is 14.6. The highest BCUT2D eigenvalue weighted by molar-refractivity contribution is 5.77. The number of carbonyl (C=O) groups is 1. The van der Waals surface area contributed by atoms with Crippen LogP contribution in [0.4, 0.5) is 5.95 Å². The number of nitrogens with one attached hydrogen (secondary N) is 2. The van der Waals surface area contributed by atoms with Crippen molar-refractivity contribution in [2.75, 3.05) is 5.32 Å². The molecule has 0 bridgehead atoms. The lowest BCUT2D eigenvalue weighted by molar-refractivity contribution is -0.123. The molecule has 0 aromatic carbocycles. The predicted octanol–water partition coefficient (Wildman–Crippen LogP) is 0.958. The number of aromatic nitrogens is 3. The number of hydrogen-bond acceptors (Lipinski definition) is 5. The smallest absolute Gasteiger partial charge is 0.243 e. The summed E-state index contributed by atoms with van der Waals surface area (Å²) in [6.07, 6.45) is 3.81. The topological polar surface area (TPSA) is 79.8 Å². The fraction of sp³-hybridized carbons (Fsp3) is 0.692. The molecule has 2 N–H and O–H groups in total. The summed E-state index contributed by atoms with van der Waals surface area (Å²) < 4.78 is 0. The fourth-order valence-electron chi connectivity index (χ4n) is 2.57. The Morgan fingerprint density at radius 2 is 1.95 bits per heavy atom. The second kappa shape index (κ2) is 4.75. The number of hydrogen-bond donors (Lipinski definition) is 2. The Hall–Kier alpha value is -1.72. The Balaban J connectivity index is 1.73. The van der Waals surface area contributed by atoms with Crippen LogP contribution in [0.1, 0.15) is 37.1 Å². The summed E-state index contributed by atoms with van der Waals surface area (Å²) in [5.41, 5.74) is 1.74. The molecule has 1 saturated heterocycles. The maximum atomic E-state index is 11.5. The predicted molar refractivity (Wildman–Crippen MR) is 70.6 cm³/mol. The molecule has 102 valence electrons. The number of aryl methyl sites for hydroxylation is 2. The highest BCUT2D eigenvalue weighted by Gasteiger charge is 2.40. The minimum atomic E-state index is 0.161. The van der Waals surface area contributed by atoms with Crippen molar-refractivity contribution in [2.24, 2.45) is 5.92 Å². The molecule has 2 atom stereocenters. The van der Waals surface area contributed by atoms with Crippen LogP contribution < -0.4 is 10.6 Å². The third-order valence-corrected chi connectivity index (χ3v) is 3.98. The fourth-order valence-corrected chi connectivity index (χ4v) is 2.57. The van der Waals surface area contributed by atoms with Gasteiger partial charge in [0.1, 0.15) is 0 Å². The molecule has 1 aliphatic carbocycles. The number of nitrogens with zero attached hydrogens (tertiary/aromatic N) is 3. The van der Waals surface area contributed by atoms with Crippen molar-refractivity contribution in [1.82, 2.24) is 20.5 Å². The van der Waals surface area contributed by atoms with Gasteiger partial charge in [0, 0.05) is 6.42 Å². The first kappa shape index (κ1) is 12.3. The lowest BCUT2D eigenvalue weighted by Gasteiger charge is -2.33. The Bertz CT molecular complexity index is 500. The molecule has 2 aliphatic rings. The van der Waals surface area contributed by atoms with E-state index in [1.54, 1.807) is 0 Å². The molecule has 2 heterocycles. The van der Waals surface area contributed by atoms with Gasteiger partial charge in [0.15, 0.2) is 0 Å². The van der Waals surface area contributed by atoms with Crippen molar-refractivity contribution >= 4 is 11.9 Å². The monoisotopic (exact) mass is 261 g/mol. The van der Waals surface area contributed by atoms with Crippen LogP contribution in [-0.4, -0.2) is 33.2 Å². The highest BCUT2D eigenvalue weighted by Crippen LogP contribution is 2.36. The van der Waals surface area contributed by atoms with Gasteiger partial charge >= 0.3 is 0 Å². The van der Waals surface area contributed by atoms with E-state index < -0.39 is 0 Å². The van der Waals surface area contributed by atoms with E-state index in [4.69, 9.17) is 0 Å². The quantitative estimate of drug-likeness (QED) is 0.847. The zero-order valence-corrected chi connectivity index (χ0v) is 11.3. The van der Waals surface area contributed by atoms with E-state index in [1.165, 1.54) is 12.8 Å². The van der Waals surface area contributed by atoms with Gasteiger partial charge in [-0.2, -0.15) is 5.10 Å². The van der Waals surface area contributed by atoms with Crippen LogP contribution in [0.2, 0.25) is 0 Å². The maximum Gasteiger partial charge on any atom is 0.243 e. The van der Waals surface area contributed by atoms with Crippen LogP contribution in [0.5, 0.6) is 0 Å². The molecule has 2 fully saturated rings. The molecule has 0 radical (unpaired) electrons. The third kappa shape index (κ3) is 2.67. The number of rotatable bonds is 3. The summed E-state index contributed by atoms with van der Waals surface area (Å²) in [4.78, 5) is 15.9. The van der Waals surface area contributed by atoms with Gasteiger partial charge in [-0.05, 0) is 39.0 Å². The molecule has 6 heteroatoms. The van der Waals surface area contributed by atoms with Gasteiger partial charge < -0.3 is 10.6 Å². The van der Waals surface area contributed by atoms with E-state index in [1.807, 2.05) is 13.8 Å². The largest absolute Gasteiger partial charge is 0.351 e. The van der Waals surface area contributed by atoms with E-state index in [-0.39, 0.29) is 18.0 Å². The molecule has 19 heavy (non-hydrogen) atoms. The highest BCUT2D eigenvalue weighted by atomic mass is 16.1. The van der Waals surface area contributed by atoms with Crippen LogP contribution in [0.3, 0.4) is 0 Å². The van der Waals surface area contributed by atoms with Crippen molar-refractivity contribution in [3.63, 3.8) is 0 Å². The van der Waals surface area contributed by atoms with Crippen LogP contribution in [-0.2, 0) is 4.79 Å². The van der Waals surface area contributed by atoms with Crippen molar-refractivity contribution in [2.45, 2.75) is 51.6 Å². The molecule has 0 spiro atoms. The minimum absolute atomic E-state index is 0.161. The summed E-state index contributed by atoms with van der Waals surface area (Å²) in [6.45, 7) is 3.82. The van der Waals surface area contributed by atoms with Crippen molar-refractivity contribution in [3.05, 3.63) is 11.4 Å². The van der Waals surface area contributed by atoms with E-state index >= 15 is 0 Å². The number of anilines is 1. The Morgan fingerprint density at radius 1 is 1.16 bits per heavy atom. The van der Waals surface area contributed by atoms with Gasteiger partial charge in [-0.15, -0.1) is 5.10 Å². The van der Waals surface area contributed by atoms with Crippen LogP contribution >= 0.6 is 0 Å². The standard InChI is InChI=1S/C13H19N5O/c1-7-8(2)17-18-13(14-7)15-10-5-6-11(19)16-12(10)9-3-4-9/h9-10,12H,3-6H2,1-2H3,(H,16,19)(H,14,15,18)/t10-,12+/m1/s1. The summed E-state index contributed by atoms with van der Waals surface area (Å²) in [6, 6.07) is 0.431. The molecule has 1 aromatic heterocycles. The van der Waals surface area contributed by atoms with Crippen molar-refractivity contribution in [3.8, 4) is 0 Å². The number of carbonyl (C=O) groups excluding carboxylic acids is 1. The van der Waals surface area contributed by atoms with Crippen LogP contribution in [0, 0.1) is 19.8 Å². The average Bonchev–Trinajstić information content (AvgIpc) is 3.20. The normalized spacial score (nSPS) is 26.9. The molecule has 1 aromatic rings. The molecule has 0 unspecified atom stereocenters. The summed E-state index contributed by atoms with van der Waals surface area (Å²) in [7, 11) is 0. The Kier molecular flexibility index (Phi) is 3.08. The first-order valence-electron chi connectivity index (χ1n) is 6.87. The van der Waals surface area contributed by atoms with Gasteiger partial charge in [-0.1, -0.05) is 0 Å². The SMILES string of the molecule is Cc1nnc(N[C@@H]2CCC(=O)N[C@H]2C2CC2)nc1C. The van der Waals surface area contributed by atoms with E-state index in [2.05, 4.69) is 25.8 Å². The van der Waals surface area contributed by atoms with Gasteiger partial charge in [0.2, 0.25) is 11.9 Å². The minimum Gasteiger partial charge on any atom is -0.351 e. The summed E-state index contributed by atoms with van der Waals surface area (Å²) in [5.74, 6) is 1.34. The first-order valence-corrected chi connectivity index (χ1v) is 6.87. The lowest BCUT2D eigenvalue weighted by atomic mass is 9.94. The van der Waals surface area contributed by atoms with Gasteiger partial charge in [0.25, 0.3) is 0 Å². The molecular weight excluding hydrogens is 242 g/mol. The molecular formula is C13H19N5O. The first-order chi connectivity index (χ1) is 9.13. The van der Waals surface area contributed by atoms with Crippen molar-refractivity contribution in [1.29, 1.82) is 0 Å². The third-order valence-electron chi connectivity index (χ3n) is 3.98. The molecule has 6 nitrogen and oxygen atoms in total. The lowest BCUT2D eigenvalue weighted by Crippen LogP contribution is -2.52. The van der Waals surface area contributed by atoms with Crippen LogP contribution in [0.25, 0.3) is 0 Å². The molecule has 1 aliphatic heterocycles. The van der Waals surface area contributed by atoms with Gasteiger partial charge in [0.05, 0.1) is 23.5 Å². The molecule has 3 rings (SSSR count). The van der Waals surface area contributed by atoms with Gasteiger partial charge in [-0.3, -0.25) is 4.79 Å². The average molecular weight is 261 g/mol.